The Labute approximate surface area is 125 Å². The van der Waals surface area contributed by atoms with E-state index in [1.54, 1.807) is 24.4 Å². The molecule has 0 N–H and O–H groups in total. The Bertz CT molecular complexity index is 750. The van der Waals surface area contributed by atoms with Gasteiger partial charge in [-0.05, 0) is 29.8 Å². The number of imidazole rings is 1. The van der Waals surface area contributed by atoms with E-state index in [0.717, 1.165) is 22.6 Å². The molecule has 0 spiro atoms. The molecule has 102 valence electrons. The number of pyridine rings is 1. The maximum atomic E-state index is 12.9. The molecule has 0 saturated carbocycles. The van der Waals surface area contributed by atoms with Gasteiger partial charge in [0.1, 0.15) is 11.5 Å². The zero-order chi connectivity index (χ0) is 14.1. The van der Waals surface area contributed by atoms with Gasteiger partial charge in [-0.1, -0.05) is 23.7 Å². The van der Waals surface area contributed by atoms with Crippen molar-refractivity contribution >= 4 is 28.8 Å². The van der Waals surface area contributed by atoms with Crippen LogP contribution in [-0.2, 0) is 12.3 Å². The molecule has 0 saturated heterocycles. The third kappa shape index (κ3) is 2.51. The second-order valence-electron chi connectivity index (χ2n) is 4.52. The van der Waals surface area contributed by atoms with E-state index in [1.165, 1.54) is 12.1 Å². The summed E-state index contributed by atoms with van der Waals surface area (Å²) in [6.07, 6.45) is 2.41. The zero-order valence-corrected chi connectivity index (χ0v) is 12.0. The molecule has 0 amide bonds. The molecule has 0 bridgehead atoms. The summed E-state index contributed by atoms with van der Waals surface area (Å²) in [5.41, 5.74) is 3.59. The van der Waals surface area contributed by atoms with Gasteiger partial charge in [-0.25, -0.2) is 9.37 Å². The van der Waals surface area contributed by atoms with Gasteiger partial charge in [0.25, 0.3) is 0 Å². The minimum atomic E-state index is -0.242. The molecule has 2 heterocycles. The predicted octanol–water partition coefficient (Wildman–Crippen LogP) is 4.46. The van der Waals surface area contributed by atoms with Gasteiger partial charge >= 0.3 is 0 Å². The average Bonchev–Trinajstić information content (AvgIpc) is 2.78. The molecular formula is C15H11Cl2FN2. The lowest BCUT2D eigenvalue weighted by molar-refractivity contribution is 0.627. The third-order valence-corrected chi connectivity index (χ3v) is 3.65. The molecule has 0 aliphatic rings. The second kappa shape index (κ2) is 5.43. The molecule has 20 heavy (non-hydrogen) atoms. The second-order valence-corrected chi connectivity index (χ2v) is 5.22. The van der Waals surface area contributed by atoms with Crippen LogP contribution in [0.4, 0.5) is 4.39 Å². The van der Waals surface area contributed by atoms with Gasteiger partial charge in [0.05, 0.1) is 22.3 Å². The molecule has 0 radical (unpaired) electrons. The normalized spacial score (nSPS) is 11.2. The van der Waals surface area contributed by atoms with Crippen LogP contribution >= 0.6 is 23.2 Å². The molecule has 3 rings (SSSR count). The van der Waals surface area contributed by atoms with E-state index in [4.69, 9.17) is 23.2 Å². The summed E-state index contributed by atoms with van der Waals surface area (Å²) in [6, 6.07) is 10.1. The molecule has 3 aromatic rings. The highest BCUT2D eigenvalue weighted by Gasteiger charge is 2.12. The molecule has 0 atom stereocenters. The molecule has 0 aliphatic carbocycles. The number of hydrogen-bond acceptors (Lipinski definition) is 1. The van der Waals surface area contributed by atoms with E-state index < -0.39 is 0 Å². The molecule has 2 aromatic heterocycles. The van der Waals surface area contributed by atoms with Gasteiger partial charge in [0.2, 0.25) is 0 Å². The maximum Gasteiger partial charge on any atom is 0.137 e. The maximum absolute atomic E-state index is 12.9. The van der Waals surface area contributed by atoms with Crippen LogP contribution in [0.3, 0.4) is 0 Å². The highest BCUT2D eigenvalue weighted by Crippen LogP contribution is 2.20. The summed E-state index contributed by atoms with van der Waals surface area (Å²) in [6.45, 7) is 0. The van der Waals surface area contributed by atoms with E-state index in [2.05, 4.69) is 4.98 Å². The average molecular weight is 309 g/mol. The van der Waals surface area contributed by atoms with E-state index in [1.807, 2.05) is 10.5 Å². The van der Waals surface area contributed by atoms with E-state index in [0.29, 0.717) is 17.3 Å². The van der Waals surface area contributed by atoms with Crippen LogP contribution in [0.1, 0.15) is 17.0 Å². The Kier molecular flexibility index (Phi) is 3.64. The topological polar surface area (TPSA) is 17.3 Å². The molecule has 0 fully saturated rings. The number of alkyl halides is 1. The van der Waals surface area contributed by atoms with Crippen molar-refractivity contribution in [3.63, 3.8) is 0 Å². The lowest BCUT2D eigenvalue weighted by Gasteiger charge is -2.02. The fourth-order valence-electron chi connectivity index (χ4n) is 2.19. The van der Waals surface area contributed by atoms with Gasteiger partial charge in [-0.2, -0.15) is 0 Å². The van der Waals surface area contributed by atoms with Crippen molar-refractivity contribution in [2.75, 3.05) is 0 Å². The molecule has 0 aliphatic heterocycles. The number of nitrogens with zero attached hydrogens (tertiary/aromatic N) is 2. The SMILES string of the molecule is Fc1ccc(Cc2nc3ccc(Cl)cn3c2CCl)cc1. The molecule has 2 nitrogen and oxygen atoms in total. The highest BCUT2D eigenvalue weighted by atomic mass is 35.5. The van der Waals surface area contributed by atoms with E-state index in [-0.39, 0.29) is 5.82 Å². The highest BCUT2D eigenvalue weighted by molar-refractivity contribution is 6.30. The summed E-state index contributed by atoms with van der Waals surface area (Å²) in [5.74, 6) is 0.103. The van der Waals surface area contributed by atoms with Crippen LogP contribution in [0.15, 0.2) is 42.6 Å². The van der Waals surface area contributed by atoms with Crippen molar-refractivity contribution < 1.29 is 4.39 Å². The first-order valence-electron chi connectivity index (χ1n) is 6.13. The number of benzene rings is 1. The Balaban J connectivity index is 2.04. The van der Waals surface area contributed by atoms with Crippen LogP contribution in [-0.4, -0.2) is 9.38 Å². The van der Waals surface area contributed by atoms with Crippen LogP contribution in [0, 0.1) is 5.82 Å². The molecule has 5 heteroatoms. The summed E-state index contributed by atoms with van der Waals surface area (Å²) < 4.78 is 14.8. The summed E-state index contributed by atoms with van der Waals surface area (Å²) in [7, 11) is 0. The number of fused-ring (bicyclic) bond motifs is 1. The fraction of sp³-hybridized carbons (Fsp3) is 0.133. The minimum Gasteiger partial charge on any atom is -0.301 e. The molecular weight excluding hydrogens is 298 g/mol. The van der Waals surface area contributed by atoms with Crippen LogP contribution < -0.4 is 0 Å². The van der Waals surface area contributed by atoms with E-state index in [9.17, 15) is 4.39 Å². The van der Waals surface area contributed by atoms with Crippen molar-refractivity contribution in [2.45, 2.75) is 12.3 Å². The number of aromatic nitrogens is 2. The standard InChI is InChI=1S/C15H11Cl2FN2/c16-8-14-13(7-10-1-4-12(18)5-2-10)19-15-6-3-11(17)9-20(14)15/h1-6,9H,7-8H2. The first-order valence-corrected chi connectivity index (χ1v) is 7.04. The van der Waals surface area contributed by atoms with Crippen molar-refractivity contribution in [2.24, 2.45) is 0 Å². The van der Waals surface area contributed by atoms with Gasteiger partial charge in [-0.3, -0.25) is 0 Å². The minimum absolute atomic E-state index is 0.242. The lowest BCUT2D eigenvalue weighted by atomic mass is 10.1. The Hall–Kier alpha value is -1.58. The number of hydrogen-bond donors (Lipinski definition) is 0. The first-order chi connectivity index (χ1) is 9.67. The Morgan fingerprint density at radius 3 is 2.55 bits per heavy atom. The largest absolute Gasteiger partial charge is 0.301 e. The van der Waals surface area contributed by atoms with Gasteiger partial charge in [-0.15, -0.1) is 11.6 Å². The fourth-order valence-corrected chi connectivity index (χ4v) is 2.64. The zero-order valence-electron chi connectivity index (χ0n) is 10.5. The quantitative estimate of drug-likeness (QED) is 0.653. The summed E-state index contributed by atoms with van der Waals surface area (Å²) in [5, 5.41) is 0.634. The Morgan fingerprint density at radius 2 is 1.85 bits per heavy atom. The van der Waals surface area contributed by atoms with E-state index >= 15 is 0 Å². The summed E-state index contributed by atoms with van der Waals surface area (Å²) in [4.78, 5) is 4.57. The number of halogens is 3. The Morgan fingerprint density at radius 1 is 1.10 bits per heavy atom. The van der Waals surface area contributed by atoms with Crippen molar-refractivity contribution in [1.82, 2.24) is 9.38 Å². The van der Waals surface area contributed by atoms with Gasteiger partial charge in [0, 0.05) is 12.6 Å². The first kappa shape index (κ1) is 13.4. The monoisotopic (exact) mass is 308 g/mol. The van der Waals surface area contributed by atoms with Crippen LogP contribution in [0.5, 0.6) is 0 Å². The van der Waals surface area contributed by atoms with Crippen LogP contribution in [0.25, 0.3) is 5.65 Å². The molecule has 1 aromatic carbocycles. The van der Waals surface area contributed by atoms with Crippen LogP contribution in [0.2, 0.25) is 5.02 Å². The van der Waals surface area contributed by atoms with Gasteiger partial charge < -0.3 is 4.40 Å². The number of rotatable bonds is 3. The lowest BCUT2D eigenvalue weighted by Crippen LogP contribution is -1.95. The summed E-state index contributed by atoms with van der Waals surface area (Å²) >= 11 is 12.0. The molecule has 0 unspecified atom stereocenters. The predicted molar refractivity (Wildman–Crippen MR) is 79.0 cm³/mol. The van der Waals surface area contributed by atoms with Crippen molar-refractivity contribution in [3.8, 4) is 0 Å². The van der Waals surface area contributed by atoms with Gasteiger partial charge in [0.15, 0.2) is 0 Å². The smallest absolute Gasteiger partial charge is 0.137 e. The van der Waals surface area contributed by atoms with Crippen molar-refractivity contribution in [1.29, 1.82) is 0 Å². The van der Waals surface area contributed by atoms with Crippen molar-refractivity contribution in [3.05, 3.63) is 70.4 Å². The third-order valence-electron chi connectivity index (χ3n) is 3.18.